The fraction of sp³-hybridized carbons (Fsp3) is 0.471. The fourth-order valence-electron chi connectivity index (χ4n) is 3.27. The third-order valence-corrected chi connectivity index (χ3v) is 4.69. The van der Waals surface area contributed by atoms with Crippen LogP contribution in [0.4, 0.5) is 0 Å². The van der Waals surface area contributed by atoms with Crippen molar-refractivity contribution < 1.29 is 14.3 Å². The molecule has 2 aromatic rings. The summed E-state index contributed by atoms with van der Waals surface area (Å²) in [5, 5.41) is 14.5. The molecule has 26 heavy (non-hydrogen) atoms. The van der Waals surface area contributed by atoms with Gasteiger partial charge >= 0.3 is 0 Å². The van der Waals surface area contributed by atoms with Crippen LogP contribution in [-0.4, -0.2) is 40.8 Å². The van der Waals surface area contributed by atoms with E-state index < -0.39 is 0 Å². The van der Waals surface area contributed by atoms with Crippen LogP contribution in [0.1, 0.15) is 40.6 Å². The Morgan fingerprint density at radius 1 is 1.31 bits per heavy atom. The van der Waals surface area contributed by atoms with Crippen molar-refractivity contribution in [3.63, 3.8) is 0 Å². The van der Waals surface area contributed by atoms with E-state index in [2.05, 4.69) is 20.9 Å². The number of halogens is 1. The lowest BCUT2D eigenvalue weighted by molar-refractivity contribution is 0.0945. The second kappa shape index (κ2) is 7.92. The summed E-state index contributed by atoms with van der Waals surface area (Å²) in [5.41, 5.74) is 2.15. The first kappa shape index (κ1) is 18.5. The van der Waals surface area contributed by atoms with Crippen molar-refractivity contribution in [1.29, 1.82) is 0 Å². The summed E-state index contributed by atoms with van der Waals surface area (Å²) in [4.78, 5) is 12.5. The molecule has 0 atom stereocenters. The molecular weight excluding hydrogens is 358 g/mol. The third-order valence-electron chi connectivity index (χ3n) is 4.69. The van der Waals surface area contributed by atoms with Gasteiger partial charge in [0.15, 0.2) is 17.2 Å². The van der Waals surface area contributed by atoms with Gasteiger partial charge in [0.05, 0.1) is 11.7 Å². The average Bonchev–Trinajstić information content (AvgIpc) is 3.26. The maximum atomic E-state index is 12.5. The Labute approximate surface area is 157 Å². The lowest BCUT2D eigenvalue weighted by Gasteiger charge is -2.23. The van der Waals surface area contributed by atoms with E-state index in [1.54, 1.807) is 0 Å². The summed E-state index contributed by atoms with van der Waals surface area (Å²) < 4.78 is 12.5. The summed E-state index contributed by atoms with van der Waals surface area (Å²) in [6, 6.07) is 5.94. The lowest BCUT2D eigenvalue weighted by Crippen LogP contribution is -2.30. The van der Waals surface area contributed by atoms with Crippen LogP contribution in [0, 0.1) is 6.92 Å². The van der Waals surface area contributed by atoms with Crippen molar-refractivity contribution in [3.05, 3.63) is 35.2 Å². The predicted octanol–water partition coefficient (Wildman–Crippen LogP) is 1.59. The van der Waals surface area contributed by atoms with Gasteiger partial charge in [-0.05, 0) is 50.6 Å². The van der Waals surface area contributed by atoms with Crippen LogP contribution in [-0.2, 0) is 6.54 Å². The Kier molecular flexibility index (Phi) is 5.63. The SMILES string of the molecule is Cc1c(C(=O)NCc2ccc3c(c2)OCO3)nnn1C1CCNCC1.Cl. The number of carbonyl (C=O) groups is 1. The van der Waals surface area contributed by atoms with Crippen LogP contribution in [0.15, 0.2) is 18.2 Å². The van der Waals surface area contributed by atoms with Gasteiger partial charge in [0.25, 0.3) is 5.91 Å². The number of nitrogens with one attached hydrogen (secondary N) is 2. The molecule has 2 aliphatic rings. The minimum absolute atomic E-state index is 0. The van der Waals surface area contributed by atoms with E-state index in [-0.39, 0.29) is 25.1 Å². The lowest BCUT2D eigenvalue weighted by atomic mass is 10.1. The minimum atomic E-state index is -0.213. The summed E-state index contributed by atoms with van der Waals surface area (Å²) in [5.74, 6) is 1.23. The van der Waals surface area contributed by atoms with Crippen molar-refractivity contribution in [3.8, 4) is 11.5 Å². The molecule has 140 valence electrons. The molecule has 9 heteroatoms. The molecule has 1 saturated heterocycles. The highest BCUT2D eigenvalue weighted by atomic mass is 35.5. The fourth-order valence-corrected chi connectivity index (χ4v) is 3.27. The summed E-state index contributed by atoms with van der Waals surface area (Å²) in [7, 11) is 0. The molecule has 2 aliphatic heterocycles. The number of rotatable bonds is 4. The molecule has 1 amide bonds. The van der Waals surface area contributed by atoms with Crippen LogP contribution < -0.4 is 20.1 Å². The summed E-state index contributed by atoms with van der Waals surface area (Å²) in [6.07, 6.45) is 2.00. The van der Waals surface area contributed by atoms with Gasteiger partial charge in [0.2, 0.25) is 6.79 Å². The first-order valence-corrected chi connectivity index (χ1v) is 8.51. The zero-order valence-electron chi connectivity index (χ0n) is 14.5. The zero-order valence-corrected chi connectivity index (χ0v) is 15.3. The molecule has 1 fully saturated rings. The first-order valence-electron chi connectivity index (χ1n) is 8.51. The van der Waals surface area contributed by atoms with Crippen molar-refractivity contribution in [2.45, 2.75) is 32.4 Å². The largest absolute Gasteiger partial charge is 0.454 e. The van der Waals surface area contributed by atoms with E-state index >= 15 is 0 Å². The number of ether oxygens (including phenoxy) is 2. The van der Waals surface area contributed by atoms with E-state index in [1.165, 1.54) is 0 Å². The third kappa shape index (κ3) is 3.61. The molecule has 0 bridgehead atoms. The van der Waals surface area contributed by atoms with Crippen LogP contribution in [0.25, 0.3) is 0 Å². The minimum Gasteiger partial charge on any atom is -0.454 e. The number of fused-ring (bicyclic) bond motifs is 1. The average molecular weight is 380 g/mol. The van der Waals surface area contributed by atoms with Crippen LogP contribution in [0.3, 0.4) is 0 Å². The highest BCUT2D eigenvalue weighted by Gasteiger charge is 2.23. The molecule has 4 rings (SSSR count). The monoisotopic (exact) mass is 379 g/mol. The molecule has 8 nitrogen and oxygen atoms in total. The van der Waals surface area contributed by atoms with Crippen LogP contribution in [0.5, 0.6) is 11.5 Å². The zero-order chi connectivity index (χ0) is 17.2. The topological polar surface area (TPSA) is 90.3 Å². The number of carbonyl (C=O) groups excluding carboxylic acids is 1. The Hall–Kier alpha value is -2.32. The van der Waals surface area contributed by atoms with Gasteiger partial charge < -0.3 is 20.1 Å². The Bertz CT molecular complexity index is 789. The molecule has 0 saturated carbocycles. The smallest absolute Gasteiger partial charge is 0.274 e. The van der Waals surface area contributed by atoms with E-state index in [0.29, 0.717) is 24.0 Å². The highest BCUT2D eigenvalue weighted by Crippen LogP contribution is 2.32. The van der Waals surface area contributed by atoms with Crippen molar-refractivity contribution in [2.75, 3.05) is 19.9 Å². The molecule has 2 N–H and O–H groups in total. The second-order valence-electron chi connectivity index (χ2n) is 6.32. The quantitative estimate of drug-likeness (QED) is 0.838. The van der Waals surface area contributed by atoms with Gasteiger partial charge in [-0.1, -0.05) is 11.3 Å². The normalized spacial score (nSPS) is 16.2. The predicted molar refractivity (Wildman–Crippen MR) is 96.9 cm³/mol. The van der Waals surface area contributed by atoms with Crippen molar-refractivity contribution >= 4 is 18.3 Å². The first-order chi connectivity index (χ1) is 12.2. The standard InChI is InChI=1S/C17H21N5O3.ClH/c1-11-16(20-21-22(11)13-4-6-18-7-5-13)17(23)19-9-12-2-3-14-15(8-12)25-10-24-14;/h2-3,8,13,18H,4-7,9-10H2,1H3,(H,19,23);1H. The Morgan fingerprint density at radius 2 is 2.08 bits per heavy atom. The Morgan fingerprint density at radius 3 is 2.88 bits per heavy atom. The summed E-state index contributed by atoms with van der Waals surface area (Å²) >= 11 is 0. The highest BCUT2D eigenvalue weighted by molar-refractivity contribution is 5.93. The van der Waals surface area contributed by atoms with Gasteiger partial charge in [0, 0.05) is 6.54 Å². The van der Waals surface area contributed by atoms with E-state index in [0.717, 1.165) is 42.9 Å². The van der Waals surface area contributed by atoms with Crippen LogP contribution in [0.2, 0.25) is 0 Å². The van der Waals surface area contributed by atoms with Gasteiger partial charge in [-0.15, -0.1) is 17.5 Å². The van der Waals surface area contributed by atoms with Gasteiger partial charge in [-0.25, -0.2) is 4.68 Å². The number of hydrogen-bond acceptors (Lipinski definition) is 6. The molecule has 0 spiro atoms. The molecular formula is C17H22ClN5O3. The number of aromatic nitrogens is 3. The Balaban J connectivity index is 0.00000196. The van der Waals surface area contributed by atoms with E-state index in [9.17, 15) is 4.79 Å². The number of benzene rings is 1. The molecule has 1 aromatic heterocycles. The molecule has 3 heterocycles. The maximum absolute atomic E-state index is 12.5. The van der Waals surface area contributed by atoms with Crippen LogP contribution >= 0.6 is 12.4 Å². The van der Waals surface area contributed by atoms with E-state index in [4.69, 9.17) is 9.47 Å². The van der Waals surface area contributed by atoms with Crippen molar-refractivity contribution in [1.82, 2.24) is 25.6 Å². The molecule has 0 aliphatic carbocycles. The molecule has 0 unspecified atom stereocenters. The second-order valence-corrected chi connectivity index (χ2v) is 6.32. The number of amides is 1. The number of nitrogens with zero attached hydrogens (tertiary/aromatic N) is 3. The maximum Gasteiger partial charge on any atom is 0.274 e. The number of piperidine rings is 1. The van der Waals surface area contributed by atoms with Gasteiger partial charge in [-0.3, -0.25) is 4.79 Å². The van der Waals surface area contributed by atoms with E-state index in [1.807, 2.05) is 29.8 Å². The van der Waals surface area contributed by atoms with Gasteiger partial charge in [0.1, 0.15) is 0 Å². The molecule has 1 aromatic carbocycles. The number of hydrogen-bond donors (Lipinski definition) is 2. The van der Waals surface area contributed by atoms with Crippen molar-refractivity contribution in [2.24, 2.45) is 0 Å². The van der Waals surface area contributed by atoms with Gasteiger partial charge in [-0.2, -0.15) is 0 Å². The molecule has 0 radical (unpaired) electrons. The summed E-state index contributed by atoms with van der Waals surface area (Å²) in [6.45, 7) is 4.47.